The highest BCUT2D eigenvalue weighted by atomic mass is 19.4. The number of hydrogen-bond donors (Lipinski definition) is 1. The van der Waals surface area contributed by atoms with Gasteiger partial charge in [-0.3, -0.25) is 8.97 Å². The van der Waals surface area contributed by atoms with Gasteiger partial charge in [0.2, 0.25) is 0 Å². The molecule has 1 radical (unpaired) electrons. The Morgan fingerprint density at radius 2 is 2.08 bits per heavy atom. The number of imidazole rings is 1. The number of pyridine rings is 1. The molecule has 1 unspecified atom stereocenters. The highest BCUT2D eigenvalue weighted by Crippen LogP contribution is 2.41. The van der Waals surface area contributed by atoms with Crippen LogP contribution in [0.1, 0.15) is 44.3 Å². The van der Waals surface area contributed by atoms with E-state index in [9.17, 15) is 18.0 Å². The Labute approximate surface area is 231 Å². The molecule has 0 aliphatic carbocycles. The third-order valence-corrected chi connectivity index (χ3v) is 7.57. The fourth-order valence-corrected chi connectivity index (χ4v) is 5.23. The molecule has 1 fully saturated rings. The number of benzene rings is 1. The van der Waals surface area contributed by atoms with Crippen LogP contribution in [0, 0.1) is 6.17 Å². The lowest BCUT2D eigenvalue weighted by atomic mass is 9.75. The molecule has 1 atom stereocenters. The lowest BCUT2D eigenvalue weighted by Crippen LogP contribution is -2.48. The summed E-state index contributed by atoms with van der Waals surface area (Å²) in [5.74, 6) is 0. The van der Waals surface area contributed by atoms with Gasteiger partial charge in [-0.1, -0.05) is 25.5 Å². The lowest BCUT2D eigenvalue weighted by molar-refractivity contribution is -0.478. The average molecular weight is 561 g/mol. The number of halogens is 3. The van der Waals surface area contributed by atoms with Gasteiger partial charge in [0.25, 0.3) is 0 Å². The first-order valence-corrected chi connectivity index (χ1v) is 13.2. The van der Waals surface area contributed by atoms with Crippen molar-refractivity contribution in [2.24, 2.45) is 10.2 Å². The van der Waals surface area contributed by atoms with Crippen molar-refractivity contribution in [3.63, 3.8) is 0 Å². The average Bonchev–Trinajstić information content (AvgIpc) is 3.46. The quantitative estimate of drug-likeness (QED) is 0.349. The Balaban J connectivity index is 0.00000387. The number of nitrogens with one attached hydrogen (secondary N) is 1. The Bertz CT molecular complexity index is 1500. The molecule has 1 saturated heterocycles. The van der Waals surface area contributed by atoms with Crippen molar-refractivity contribution >= 4 is 11.9 Å². The lowest BCUT2D eigenvalue weighted by Gasteiger charge is -2.42. The predicted octanol–water partition coefficient (Wildman–Crippen LogP) is 4.54. The fraction of sp³-hybridized carbons (Fsp3) is 0.464. The van der Waals surface area contributed by atoms with Crippen LogP contribution in [0.25, 0.3) is 11.2 Å². The van der Waals surface area contributed by atoms with E-state index in [0.717, 1.165) is 35.0 Å². The van der Waals surface area contributed by atoms with Crippen LogP contribution in [0.4, 0.5) is 13.2 Å². The van der Waals surface area contributed by atoms with Gasteiger partial charge in [0.15, 0.2) is 0 Å². The third kappa shape index (κ3) is 5.48. The SMILES string of the molecule is CCCC(CNCc1cc(C(F)(F)F)c2cn(-c3cccc(C4(C[C]5N=NC=[N+]5C)COC4)c3)c(=O)n2c1)OC.[HH]. The van der Waals surface area contributed by atoms with E-state index in [4.69, 9.17) is 9.47 Å². The van der Waals surface area contributed by atoms with Gasteiger partial charge in [0.1, 0.15) is 0 Å². The molecule has 12 heteroatoms. The summed E-state index contributed by atoms with van der Waals surface area (Å²) < 4.78 is 57.6. The van der Waals surface area contributed by atoms with E-state index in [2.05, 4.69) is 15.5 Å². The summed E-state index contributed by atoms with van der Waals surface area (Å²) in [4.78, 5) is 13.5. The van der Waals surface area contributed by atoms with E-state index in [1.807, 2.05) is 30.7 Å². The third-order valence-electron chi connectivity index (χ3n) is 7.57. The van der Waals surface area contributed by atoms with Crippen molar-refractivity contribution in [3.05, 3.63) is 76.1 Å². The first kappa shape index (κ1) is 28.2. The number of hydrogen-bond acceptors (Lipinski definition) is 6. The molecule has 5 rings (SSSR count). The Morgan fingerprint density at radius 1 is 1.27 bits per heavy atom. The standard InChI is InChI=1S/C28H33F3N6O3.H2/c1-4-6-22(39-3)13-32-12-19-9-23(28(29,30)31)24-15-36(26(38)37(24)14-19)21-8-5-7-20(10-21)27(16-40-17-27)11-25-34-33-18-35(25)2;/h5,7-10,14-15,18,22,32H,4,6,11-13,16-17H2,1-3H3;1H/q+1;. The van der Waals surface area contributed by atoms with Gasteiger partial charge in [-0.15, -0.1) is 0 Å². The van der Waals surface area contributed by atoms with Crippen molar-refractivity contribution in [2.45, 2.75) is 50.4 Å². The summed E-state index contributed by atoms with van der Waals surface area (Å²) >= 11 is 0. The van der Waals surface area contributed by atoms with Gasteiger partial charge in [0.05, 0.1) is 48.2 Å². The van der Waals surface area contributed by atoms with Gasteiger partial charge in [0, 0.05) is 45.9 Å². The van der Waals surface area contributed by atoms with Crippen LogP contribution in [0.3, 0.4) is 0 Å². The van der Waals surface area contributed by atoms with Crippen molar-refractivity contribution < 1.29 is 28.6 Å². The number of methoxy groups -OCH3 is 1. The van der Waals surface area contributed by atoms with Crippen LogP contribution in [0.2, 0.25) is 0 Å². The van der Waals surface area contributed by atoms with Crippen LogP contribution in [-0.4, -0.2) is 59.9 Å². The van der Waals surface area contributed by atoms with E-state index in [-0.39, 0.29) is 25.0 Å². The second-order valence-corrected chi connectivity index (χ2v) is 10.4. The van der Waals surface area contributed by atoms with E-state index in [0.29, 0.717) is 37.4 Å². The molecule has 3 aromatic rings. The Hall–Kier alpha value is -3.35. The maximum atomic E-state index is 14.1. The molecule has 4 heterocycles. The molecule has 1 aromatic carbocycles. The highest BCUT2D eigenvalue weighted by molar-refractivity contribution is 5.58. The number of alkyl halides is 3. The molecular formula is C28H35F3N6O3+. The summed E-state index contributed by atoms with van der Waals surface area (Å²) in [5, 5.41) is 11.3. The smallest absolute Gasteiger partial charge is 0.380 e. The van der Waals surface area contributed by atoms with Crippen LogP contribution in [0.5, 0.6) is 0 Å². The van der Waals surface area contributed by atoms with Crippen molar-refractivity contribution in [2.75, 3.05) is 33.9 Å². The normalized spacial score (nSPS) is 17.8. The minimum Gasteiger partial charge on any atom is -0.380 e. The van der Waals surface area contributed by atoms with Gasteiger partial charge >= 0.3 is 24.4 Å². The van der Waals surface area contributed by atoms with E-state index >= 15 is 0 Å². The van der Waals surface area contributed by atoms with Gasteiger partial charge in [-0.25, -0.2) is 9.37 Å². The Kier molecular flexibility index (Phi) is 7.94. The van der Waals surface area contributed by atoms with Crippen molar-refractivity contribution in [3.8, 4) is 5.69 Å². The molecule has 1 N–H and O–H groups in total. The van der Waals surface area contributed by atoms with Crippen LogP contribution >= 0.6 is 0 Å². The van der Waals surface area contributed by atoms with E-state index < -0.39 is 17.4 Å². The molecule has 215 valence electrons. The molecule has 0 bridgehead atoms. The molecule has 0 saturated carbocycles. The topological polar surface area (TPSA) is 84.6 Å². The van der Waals surface area contributed by atoms with Crippen LogP contribution in [-0.2, 0) is 27.6 Å². The first-order valence-electron chi connectivity index (χ1n) is 13.2. The maximum Gasteiger partial charge on any atom is 0.418 e. The number of ether oxygens (including phenoxy) is 2. The summed E-state index contributed by atoms with van der Waals surface area (Å²) in [7, 11) is 3.48. The van der Waals surface area contributed by atoms with Crippen LogP contribution < -0.4 is 11.0 Å². The number of rotatable bonds is 11. The van der Waals surface area contributed by atoms with Crippen LogP contribution in [0.15, 0.2) is 57.7 Å². The van der Waals surface area contributed by atoms with Gasteiger partial charge in [-0.2, -0.15) is 13.2 Å². The zero-order valence-corrected chi connectivity index (χ0v) is 22.7. The number of aromatic nitrogens is 2. The highest BCUT2D eigenvalue weighted by Gasteiger charge is 2.46. The van der Waals surface area contributed by atoms with Gasteiger partial charge < -0.3 is 14.8 Å². The second kappa shape index (κ2) is 11.3. The molecule has 9 nitrogen and oxygen atoms in total. The summed E-state index contributed by atoms with van der Waals surface area (Å²) in [6.07, 6.45) is 2.83. The summed E-state index contributed by atoms with van der Waals surface area (Å²) in [6, 6.07) is 8.41. The van der Waals surface area contributed by atoms with E-state index in [1.165, 1.54) is 17.0 Å². The summed E-state index contributed by atoms with van der Waals surface area (Å²) in [5.41, 5.74) is -0.253. The number of nitrogens with zero attached hydrogens (tertiary/aromatic N) is 5. The molecule has 0 spiro atoms. The minimum absolute atomic E-state index is 0. The predicted molar refractivity (Wildman–Crippen MR) is 145 cm³/mol. The Morgan fingerprint density at radius 3 is 2.70 bits per heavy atom. The second-order valence-electron chi connectivity index (χ2n) is 10.4. The molecule has 2 aliphatic heterocycles. The number of fused-ring (bicyclic) bond motifs is 1. The maximum absolute atomic E-state index is 14.1. The molecule has 0 amide bonds. The molecule has 2 aromatic heterocycles. The van der Waals surface area contributed by atoms with Crippen molar-refractivity contribution in [1.82, 2.24) is 14.3 Å². The van der Waals surface area contributed by atoms with Crippen molar-refractivity contribution in [1.29, 1.82) is 0 Å². The van der Waals surface area contributed by atoms with E-state index in [1.54, 1.807) is 25.6 Å². The minimum atomic E-state index is -4.64. The molecular weight excluding hydrogens is 525 g/mol. The molecule has 40 heavy (non-hydrogen) atoms. The fourth-order valence-electron chi connectivity index (χ4n) is 5.23. The molecule has 2 aliphatic rings. The largest absolute Gasteiger partial charge is 0.418 e. The first-order chi connectivity index (χ1) is 19.1. The monoisotopic (exact) mass is 560 g/mol. The zero-order valence-electron chi connectivity index (χ0n) is 22.7. The van der Waals surface area contributed by atoms with Gasteiger partial charge in [-0.05, 0) is 40.9 Å². The number of azo groups is 1. The zero-order chi connectivity index (χ0) is 28.5. The summed E-state index contributed by atoms with van der Waals surface area (Å²) in [6.45, 7) is 3.63.